The van der Waals surface area contributed by atoms with Gasteiger partial charge in [0.15, 0.2) is 0 Å². The van der Waals surface area contributed by atoms with Gasteiger partial charge in [0.1, 0.15) is 0 Å². The zero-order valence-corrected chi connectivity index (χ0v) is 19.1. The maximum Gasteiger partial charge on any atom is 0.0402 e. The average molecular weight is 386 g/mol. The van der Waals surface area contributed by atoms with Crippen LogP contribution in [0.2, 0.25) is 0 Å². The van der Waals surface area contributed by atoms with Crippen molar-refractivity contribution in [3.05, 3.63) is 29.3 Å². The fourth-order valence-electron chi connectivity index (χ4n) is 6.01. The van der Waals surface area contributed by atoms with E-state index in [9.17, 15) is 0 Å². The highest BCUT2D eigenvalue weighted by molar-refractivity contribution is 5.57. The number of rotatable bonds is 6. The molecule has 0 spiro atoms. The highest BCUT2D eigenvalue weighted by Crippen LogP contribution is 2.53. The molecule has 1 aliphatic carbocycles. The summed E-state index contributed by atoms with van der Waals surface area (Å²) in [6.45, 7) is 18.7. The Hall–Kier alpha value is -1.06. The van der Waals surface area contributed by atoms with Gasteiger partial charge in [0, 0.05) is 38.4 Å². The third-order valence-electron chi connectivity index (χ3n) is 6.86. The minimum absolute atomic E-state index is 0.404. The fraction of sp³-hybridized carbons (Fsp3) is 0.760. The number of hydrogen-bond acceptors (Lipinski definition) is 3. The molecule has 3 rings (SSSR count). The van der Waals surface area contributed by atoms with Gasteiger partial charge in [-0.05, 0) is 66.2 Å². The minimum Gasteiger partial charge on any atom is -0.369 e. The molecule has 0 bridgehead atoms. The van der Waals surface area contributed by atoms with Crippen LogP contribution in [-0.4, -0.2) is 37.6 Å². The Kier molecular flexibility index (Phi) is 6.76. The number of nitrogens with zero attached hydrogens (tertiary/aromatic N) is 2. The summed E-state index contributed by atoms with van der Waals surface area (Å²) in [5.74, 6) is 0.637. The molecule has 158 valence electrons. The first kappa shape index (κ1) is 21.6. The molecule has 2 fully saturated rings. The van der Waals surface area contributed by atoms with E-state index < -0.39 is 0 Å². The molecule has 28 heavy (non-hydrogen) atoms. The van der Waals surface area contributed by atoms with Crippen molar-refractivity contribution in [2.45, 2.75) is 79.2 Å². The van der Waals surface area contributed by atoms with E-state index in [1.54, 1.807) is 5.56 Å². The van der Waals surface area contributed by atoms with Crippen LogP contribution in [0, 0.1) is 10.8 Å². The lowest BCUT2D eigenvalue weighted by molar-refractivity contribution is 0.0969. The van der Waals surface area contributed by atoms with Crippen molar-refractivity contribution in [1.29, 1.82) is 0 Å². The van der Waals surface area contributed by atoms with Crippen molar-refractivity contribution in [1.82, 2.24) is 4.90 Å². The van der Waals surface area contributed by atoms with Crippen LogP contribution >= 0.6 is 0 Å². The van der Waals surface area contributed by atoms with Gasteiger partial charge in [-0.2, -0.15) is 0 Å². The van der Waals surface area contributed by atoms with E-state index in [0.717, 1.165) is 13.1 Å². The van der Waals surface area contributed by atoms with Crippen molar-refractivity contribution >= 4 is 5.69 Å². The van der Waals surface area contributed by atoms with Crippen molar-refractivity contribution in [2.24, 2.45) is 16.6 Å². The minimum atomic E-state index is 0.404. The number of unbranched alkanes of at least 4 members (excludes halogenated alkanes) is 1. The van der Waals surface area contributed by atoms with Gasteiger partial charge in [-0.25, -0.2) is 0 Å². The summed E-state index contributed by atoms with van der Waals surface area (Å²) in [6, 6.07) is 7.05. The maximum atomic E-state index is 6.03. The first-order valence-corrected chi connectivity index (χ1v) is 11.5. The quantitative estimate of drug-likeness (QED) is 0.713. The Bertz CT molecular complexity index is 625. The molecule has 0 radical (unpaired) electrons. The van der Waals surface area contributed by atoms with Gasteiger partial charge in [-0.3, -0.25) is 4.90 Å². The molecular formula is C25H43N3. The summed E-state index contributed by atoms with van der Waals surface area (Å²) in [5, 5.41) is 0. The molecule has 1 aromatic rings. The number of benzene rings is 1. The van der Waals surface area contributed by atoms with E-state index in [1.807, 2.05) is 0 Å². The second-order valence-corrected chi connectivity index (χ2v) is 10.9. The normalized spacial score (nSPS) is 23.1. The van der Waals surface area contributed by atoms with Gasteiger partial charge in [0.2, 0.25) is 0 Å². The number of nitrogens with two attached hydrogens (primary N) is 1. The lowest BCUT2D eigenvalue weighted by Gasteiger charge is -2.46. The topological polar surface area (TPSA) is 32.5 Å². The van der Waals surface area contributed by atoms with E-state index in [1.165, 1.54) is 63.0 Å². The monoisotopic (exact) mass is 385 g/mol. The van der Waals surface area contributed by atoms with Crippen molar-refractivity contribution in [3.8, 4) is 0 Å². The predicted molar refractivity (Wildman–Crippen MR) is 122 cm³/mol. The van der Waals surface area contributed by atoms with Crippen LogP contribution < -0.4 is 10.6 Å². The predicted octanol–water partition coefficient (Wildman–Crippen LogP) is 5.39. The Morgan fingerprint density at radius 1 is 1.00 bits per heavy atom. The third-order valence-corrected chi connectivity index (χ3v) is 6.86. The van der Waals surface area contributed by atoms with E-state index in [4.69, 9.17) is 5.73 Å². The number of hydrogen-bond donors (Lipinski definition) is 1. The number of piperazine rings is 1. The molecule has 3 heteroatoms. The van der Waals surface area contributed by atoms with E-state index >= 15 is 0 Å². The molecule has 1 aliphatic heterocycles. The van der Waals surface area contributed by atoms with Crippen LogP contribution in [0.15, 0.2) is 18.2 Å². The molecule has 2 N–H and O–H groups in total. The first-order valence-electron chi connectivity index (χ1n) is 11.5. The van der Waals surface area contributed by atoms with Crippen molar-refractivity contribution in [3.63, 3.8) is 0 Å². The molecule has 1 saturated carbocycles. The van der Waals surface area contributed by atoms with E-state index in [2.05, 4.69) is 62.6 Å². The molecule has 0 atom stereocenters. The van der Waals surface area contributed by atoms with Crippen LogP contribution in [0.4, 0.5) is 5.69 Å². The Morgan fingerprint density at radius 3 is 2.21 bits per heavy atom. The first-order chi connectivity index (χ1) is 13.2. The Balaban J connectivity index is 1.83. The highest BCUT2D eigenvalue weighted by Gasteiger charge is 2.40. The molecule has 0 aromatic heterocycles. The van der Waals surface area contributed by atoms with Gasteiger partial charge in [-0.15, -0.1) is 0 Å². The summed E-state index contributed by atoms with van der Waals surface area (Å²) in [5.41, 5.74) is 11.2. The van der Waals surface area contributed by atoms with Crippen LogP contribution in [0.5, 0.6) is 0 Å². The molecule has 1 saturated heterocycles. The van der Waals surface area contributed by atoms with Gasteiger partial charge in [0.05, 0.1) is 0 Å². The molecule has 3 nitrogen and oxygen atoms in total. The molecule has 1 heterocycles. The molecule has 1 aromatic carbocycles. The molecule has 0 unspecified atom stereocenters. The average Bonchev–Trinajstić information content (AvgIpc) is 2.64. The van der Waals surface area contributed by atoms with Crippen molar-refractivity contribution in [2.75, 3.05) is 37.6 Å². The van der Waals surface area contributed by atoms with Gasteiger partial charge < -0.3 is 10.6 Å². The van der Waals surface area contributed by atoms with Crippen LogP contribution in [0.3, 0.4) is 0 Å². The lowest BCUT2D eigenvalue weighted by atomic mass is 9.60. The molecule has 0 amide bonds. The van der Waals surface area contributed by atoms with Crippen LogP contribution in [0.1, 0.15) is 83.8 Å². The third kappa shape index (κ3) is 5.30. The largest absolute Gasteiger partial charge is 0.369 e. The summed E-state index contributed by atoms with van der Waals surface area (Å²) < 4.78 is 0. The van der Waals surface area contributed by atoms with Crippen molar-refractivity contribution < 1.29 is 0 Å². The number of anilines is 1. The SMILES string of the molecule is CCCCN1CCN(c2ccc(CN)cc2C2CC(C)(C)CC(C)(C)C2)CC1. The summed E-state index contributed by atoms with van der Waals surface area (Å²) in [7, 11) is 0. The summed E-state index contributed by atoms with van der Waals surface area (Å²) >= 11 is 0. The lowest BCUT2D eigenvalue weighted by Crippen LogP contribution is -2.47. The molecular weight excluding hydrogens is 342 g/mol. The van der Waals surface area contributed by atoms with E-state index in [0.29, 0.717) is 23.3 Å². The van der Waals surface area contributed by atoms with Gasteiger partial charge in [0.25, 0.3) is 0 Å². The summed E-state index contributed by atoms with van der Waals surface area (Å²) in [4.78, 5) is 5.29. The second kappa shape index (κ2) is 8.75. The molecule has 2 aliphatic rings. The standard InChI is InChI=1S/C25H43N3/c1-6-7-10-27-11-13-28(14-12-27)23-9-8-20(18-26)15-22(23)21-16-24(2,3)19-25(4,5)17-21/h8-9,15,21H,6-7,10-14,16-19,26H2,1-5H3. The second-order valence-electron chi connectivity index (χ2n) is 10.9. The van der Waals surface area contributed by atoms with E-state index in [-0.39, 0.29) is 0 Å². The van der Waals surface area contributed by atoms with Gasteiger partial charge in [-0.1, -0.05) is 53.2 Å². The smallest absolute Gasteiger partial charge is 0.0402 e. The maximum absolute atomic E-state index is 6.03. The fourth-order valence-corrected chi connectivity index (χ4v) is 6.01. The highest BCUT2D eigenvalue weighted by atomic mass is 15.3. The Morgan fingerprint density at radius 2 is 1.64 bits per heavy atom. The zero-order valence-electron chi connectivity index (χ0n) is 19.1. The Labute approximate surface area is 173 Å². The summed E-state index contributed by atoms with van der Waals surface area (Å²) in [6.07, 6.45) is 6.50. The van der Waals surface area contributed by atoms with Crippen LogP contribution in [-0.2, 0) is 6.54 Å². The van der Waals surface area contributed by atoms with Crippen LogP contribution in [0.25, 0.3) is 0 Å². The van der Waals surface area contributed by atoms with Gasteiger partial charge >= 0.3 is 0 Å². The zero-order chi connectivity index (χ0) is 20.4.